The number of carbonyl (C=O) groups excluding carboxylic acids is 1. The van der Waals surface area contributed by atoms with Crippen LogP contribution >= 0.6 is 0 Å². The molecule has 4 nitrogen and oxygen atoms in total. The minimum absolute atomic E-state index is 0.0380. The zero-order chi connectivity index (χ0) is 13.3. The zero-order valence-electron chi connectivity index (χ0n) is 11.4. The van der Waals surface area contributed by atoms with Gasteiger partial charge in [-0.1, -0.05) is 13.0 Å². The molecule has 4 heteroatoms. The molecule has 0 saturated heterocycles. The van der Waals surface area contributed by atoms with Gasteiger partial charge < -0.3 is 4.74 Å². The van der Waals surface area contributed by atoms with E-state index in [1.165, 1.54) is 0 Å². The maximum atomic E-state index is 12.2. The van der Waals surface area contributed by atoms with Crippen molar-refractivity contribution in [2.45, 2.75) is 52.3 Å². The first-order valence-corrected chi connectivity index (χ1v) is 6.36. The highest BCUT2D eigenvalue weighted by atomic mass is 16.6. The number of rotatable bonds is 1. The molecule has 2 heterocycles. The summed E-state index contributed by atoms with van der Waals surface area (Å²) in [7, 11) is 0. The maximum absolute atomic E-state index is 12.2. The van der Waals surface area contributed by atoms with Crippen LogP contribution in [-0.2, 0) is 11.3 Å². The van der Waals surface area contributed by atoms with Crippen molar-refractivity contribution in [1.29, 1.82) is 0 Å². The van der Waals surface area contributed by atoms with E-state index < -0.39 is 5.60 Å². The molecule has 0 saturated carbocycles. The summed E-state index contributed by atoms with van der Waals surface area (Å²) in [5, 5.41) is 0. The number of ether oxygens (including phenoxy) is 1. The largest absolute Gasteiger partial charge is 0.444 e. The van der Waals surface area contributed by atoms with Gasteiger partial charge in [-0.25, -0.2) is 4.79 Å². The number of amides is 1. The molecule has 18 heavy (non-hydrogen) atoms. The highest BCUT2D eigenvalue weighted by Gasteiger charge is 2.35. The average molecular weight is 248 g/mol. The highest BCUT2D eigenvalue weighted by molar-refractivity contribution is 5.70. The third kappa shape index (κ3) is 2.47. The summed E-state index contributed by atoms with van der Waals surface area (Å²) in [5.41, 5.74) is 1.67. The van der Waals surface area contributed by atoms with Gasteiger partial charge in [-0.05, 0) is 38.8 Å². The lowest BCUT2D eigenvalue weighted by Gasteiger charge is -2.28. The van der Waals surface area contributed by atoms with Crippen molar-refractivity contribution in [2.24, 2.45) is 0 Å². The highest BCUT2D eigenvalue weighted by Crippen LogP contribution is 2.35. The van der Waals surface area contributed by atoms with Crippen LogP contribution in [0.5, 0.6) is 0 Å². The lowest BCUT2D eigenvalue weighted by atomic mass is 10.1. The van der Waals surface area contributed by atoms with E-state index >= 15 is 0 Å². The van der Waals surface area contributed by atoms with Crippen LogP contribution in [0.15, 0.2) is 18.3 Å². The minimum Gasteiger partial charge on any atom is -0.444 e. The molecule has 2 rings (SSSR count). The third-order valence-corrected chi connectivity index (χ3v) is 2.97. The zero-order valence-corrected chi connectivity index (χ0v) is 11.4. The Morgan fingerprint density at radius 3 is 2.89 bits per heavy atom. The van der Waals surface area contributed by atoms with Crippen LogP contribution in [0, 0.1) is 0 Å². The van der Waals surface area contributed by atoms with Gasteiger partial charge in [0.25, 0.3) is 0 Å². The first-order chi connectivity index (χ1) is 8.42. The quantitative estimate of drug-likeness (QED) is 0.766. The van der Waals surface area contributed by atoms with E-state index in [9.17, 15) is 4.79 Å². The Kier molecular flexibility index (Phi) is 3.28. The fraction of sp³-hybridized carbons (Fsp3) is 0.571. The third-order valence-electron chi connectivity index (χ3n) is 2.97. The van der Waals surface area contributed by atoms with E-state index in [0.717, 1.165) is 17.7 Å². The second kappa shape index (κ2) is 4.59. The van der Waals surface area contributed by atoms with Crippen molar-refractivity contribution < 1.29 is 9.53 Å². The molecule has 0 bridgehead atoms. The van der Waals surface area contributed by atoms with Crippen LogP contribution in [0.2, 0.25) is 0 Å². The van der Waals surface area contributed by atoms with Crippen LogP contribution in [0.1, 0.15) is 51.4 Å². The maximum Gasteiger partial charge on any atom is 0.411 e. The SMILES string of the molecule is CC[C@H]1c2ncccc2CN1C(=O)OC(C)(C)C. The van der Waals surface area contributed by atoms with Gasteiger partial charge in [-0.15, -0.1) is 0 Å². The van der Waals surface area contributed by atoms with Gasteiger partial charge in [0.2, 0.25) is 0 Å². The fourth-order valence-electron chi connectivity index (χ4n) is 2.25. The van der Waals surface area contributed by atoms with Gasteiger partial charge in [-0.3, -0.25) is 9.88 Å². The lowest BCUT2D eigenvalue weighted by molar-refractivity contribution is 0.0166. The van der Waals surface area contributed by atoms with Crippen LogP contribution < -0.4 is 0 Å². The Labute approximate surface area is 108 Å². The molecular weight excluding hydrogens is 228 g/mol. The van der Waals surface area contributed by atoms with Crippen LogP contribution in [0.3, 0.4) is 0 Å². The topological polar surface area (TPSA) is 42.4 Å². The summed E-state index contributed by atoms with van der Waals surface area (Å²) in [6.07, 6.45) is 2.37. The summed E-state index contributed by atoms with van der Waals surface area (Å²) < 4.78 is 5.44. The summed E-state index contributed by atoms with van der Waals surface area (Å²) in [5.74, 6) is 0. The van der Waals surface area contributed by atoms with E-state index in [2.05, 4.69) is 11.9 Å². The van der Waals surface area contributed by atoms with E-state index in [1.807, 2.05) is 32.9 Å². The molecule has 98 valence electrons. The van der Waals surface area contributed by atoms with Gasteiger partial charge in [0.1, 0.15) is 5.60 Å². The van der Waals surface area contributed by atoms with E-state index in [-0.39, 0.29) is 12.1 Å². The van der Waals surface area contributed by atoms with Crippen molar-refractivity contribution >= 4 is 6.09 Å². The number of nitrogens with zero attached hydrogens (tertiary/aromatic N) is 2. The average Bonchev–Trinajstić information content (AvgIpc) is 2.65. The second-order valence-corrected chi connectivity index (χ2v) is 5.58. The number of aromatic nitrogens is 1. The van der Waals surface area contributed by atoms with Crippen molar-refractivity contribution in [3.63, 3.8) is 0 Å². The molecule has 0 unspecified atom stereocenters. The van der Waals surface area contributed by atoms with Crippen LogP contribution in [0.25, 0.3) is 0 Å². The van der Waals surface area contributed by atoms with Gasteiger partial charge in [0.15, 0.2) is 0 Å². The van der Waals surface area contributed by atoms with E-state index in [0.29, 0.717) is 6.54 Å². The normalized spacial score (nSPS) is 18.7. The molecule has 1 atom stereocenters. The second-order valence-electron chi connectivity index (χ2n) is 5.58. The molecule has 1 aliphatic heterocycles. The first-order valence-electron chi connectivity index (χ1n) is 6.36. The molecule has 1 amide bonds. The van der Waals surface area contributed by atoms with Gasteiger partial charge in [-0.2, -0.15) is 0 Å². The summed E-state index contributed by atoms with van der Waals surface area (Å²) in [6, 6.07) is 3.97. The Balaban J connectivity index is 2.20. The predicted octanol–water partition coefficient (Wildman–Crippen LogP) is 3.28. The molecule has 0 N–H and O–H groups in total. The number of carbonyl (C=O) groups is 1. The van der Waals surface area contributed by atoms with Crippen molar-refractivity contribution in [3.8, 4) is 0 Å². The molecule has 0 aliphatic carbocycles. The summed E-state index contributed by atoms with van der Waals surface area (Å²) >= 11 is 0. The van der Waals surface area contributed by atoms with Crippen molar-refractivity contribution in [1.82, 2.24) is 9.88 Å². The van der Waals surface area contributed by atoms with Crippen LogP contribution in [0.4, 0.5) is 4.79 Å². The number of hydrogen-bond donors (Lipinski definition) is 0. The van der Waals surface area contributed by atoms with E-state index in [4.69, 9.17) is 4.74 Å². The molecule has 0 aromatic carbocycles. The lowest BCUT2D eigenvalue weighted by Crippen LogP contribution is -2.35. The first kappa shape index (κ1) is 12.9. The monoisotopic (exact) mass is 248 g/mol. The van der Waals surface area contributed by atoms with E-state index in [1.54, 1.807) is 11.1 Å². The van der Waals surface area contributed by atoms with Gasteiger partial charge in [0.05, 0.1) is 18.3 Å². The number of hydrogen-bond acceptors (Lipinski definition) is 3. The number of fused-ring (bicyclic) bond motifs is 1. The molecule has 0 fully saturated rings. The smallest absolute Gasteiger partial charge is 0.411 e. The van der Waals surface area contributed by atoms with Crippen LogP contribution in [-0.4, -0.2) is 21.6 Å². The fourth-order valence-corrected chi connectivity index (χ4v) is 2.25. The Morgan fingerprint density at radius 1 is 1.56 bits per heavy atom. The molecule has 1 aromatic rings. The van der Waals surface area contributed by atoms with Crippen molar-refractivity contribution in [2.75, 3.05) is 0 Å². The molecule has 1 aromatic heterocycles. The Morgan fingerprint density at radius 2 is 2.28 bits per heavy atom. The Hall–Kier alpha value is -1.58. The molecular formula is C14H20N2O2. The molecule has 0 radical (unpaired) electrons. The summed E-state index contributed by atoms with van der Waals surface area (Å²) in [6.45, 7) is 8.30. The van der Waals surface area contributed by atoms with Gasteiger partial charge in [0, 0.05) is 6.20 Å². The minimum atomic E-state index is -0.461. The standard InChI is InChI=1S/C14H20N2O2/c1-5-11-12-10(7-6-8-15-12)9-16(11)13(17)18-14(2,3)4/h6-8,11H,5,9H2,1-4H3/t11-/m0/s1. The van der Waals surface area contributed by atoms with Crippen molar-refractivity contribution in [3.05, 3.63) is 29.6 Å². The molecule has 0 spiro atoms. The van der Waals surface area contributed by atoms with Gasteiger partial charge >= 0.3 is 6.09 Å². The Bertz CT molecular complexity index is 451. The summed E-state index contributed by atoms with van der Waals surface area (Å²) in [4.78, 5) is 18.3. The molecule has 1 aliphatic rings. The number of pyridine rings is 1. The predicted molar refractivity (Wildman–Crippen MR) is 69.0 cm³/mol.